The van der Waals surface area contributed by atoms with Gasteiger partial charge in [-0.05, 0) is 50.5 Å². The van der Waals surface area contributed by atoms with Crippen LogP contribution in [0.4, 0.5) is 0 Å². The molecule has 17 heavy (non-hydrogen) atoms. The lowest BCUT2D eigenvalue weighted by Crippen LogP contribution is -2.40. The molecule has 2 nitrogen and oxygen atoms in total. The Kier molecular flexibility index (Phi) is 5.30. The molecule has 1 aliphatic heterocycles. The van der Waals surface area contributed by atoms with Crippen LogP contribution in [0.3, 0.4) is 0 Å². The molecule has 1 saturated heterocycles. The van der Waals surface area contributed by atoms with E-state index in [9.17, 15) is 0 Å². The van der Waals surface area contributed by atoms with Gasteiger partial charge in [-0.2, -0.15) is 0 Å². The van der Waals surface area contributed by atoms with E-state index in [1.807, 2.05) is 0 Å². The molecule has 2 heteroatoms. The van der Waals surface area contributed by atoms with E-state index in [0.717, 1.165) is 24.5 Å². The van der Waals surface area contributed by atoms with E-state index in [1.165, 1.54) is 51.5 Å². The van der Waals surface area contributed by atoms with Crippen LogP contribution in [0.2, 0.25) is 0 Å². The van der Waals surface area contributed by atoms with Gasteiger partial charge < -0.3 is 10.1 Å². The van der Waals surface area contributed by atoms with Crippen LogP contribution in [-0.4, -0.2) is 25.3 Å². The first kappa shape index (κ1) is 13.4. The second-order valence-corrected chi connectivity index (χ2v) is 6.20. The molecule has 0 amide bonds. The van der Waals surface area contributed by atoms with Crippen LogP contribution in [0.25, 0.3) is 0 Å². The second-order valence-electron chi connectivity index (χ2n) is 6.20. The zero-order valence-corrected chi connectivity index (χ0v) is 11.6. The summed E-state index contributed by atoms with van der Waals surface area (Å²) in [6.45, 7) is 6.85. The van der Waals surface area contributed by atoms with Crippen molar-refractivity contribution in [3.05, 3.63) is 0 Å². The van der Waals surface area contributed by atoms with Gasteiger partial charge in [-0.1, -0.05) is 26.7 Å². The quantitative estimate of drug-likeness (QED) is 0.794. The lowest BCUT2D eigenvalue weighted by atomic mass is 9.99. The highest BCUT2D eigenvalue weighted by Gasteiger charge is 2.25. The third-order valence-electron chi connectivity index (χ3n) is 4.48. The molecular formula is C15H29NO. The van der Waals surface area contributed by atoms with E-state index in [4.69, 9.17) is 4.74 Å². The van der Waals surface area contributed by atoms with Crippen molar-refractivity contribution in [1.82, 2.24) is 5.32 Å². The summed E-state index contributed by atoms with van der Waals surface area (Å²) in [7, 11) is 0. The summed E-state index contributed by atoms with van der Waals surface area (Å²) >= 11 is 0. The first-order valence-corrected chi connectivity index (χ1v) is 7.63. The van der Waals surface area contributed by atoms with Crippen LogP contribution in [0.1, 0.15) is 58.8 Å². The molecule has 0 bridgehead atoms. The Morgan fingerprint density at radius 3 is 2.76 bits per heavy atom. The standard InChI is InChI=1S/C15H29NO/c1-3-4-15-10-14(7-8-17-15)16-11-13-6-5-12(2)9-13/h12-16H,3-11H2,1-2H3. The van der Waals surface area contributed by atoms with Gasteiger partial charge in [0.1, 0.15) is 0 Å². The van der Waals surface area contributed by atoms with Crippen molar-refractivity contribution in [2.24, 2.45) is 11.8 Å². The molecule has 0 radical (unpaired) electrons. The summed E-state index contributed by atoms with van der Waals surface area (Å²) in [6, 6.07) is 0.719. The first-order valence-electron chi connectivity index (χ1n) is 7.63. The summed E-state index contributed by atoms with van der Waals surface area (Å²) < 4.78 is 5.80. The maximum absolute atomic E-state index is 5.80. The monoisotopic (exact) mass is 239 g/mol. The highest BCUT2D eigenvalue weighted by atomic mass is 16.5. The molecule has 1 heterocycles. The zero-order chi connectivity index (χ0) is 12.1. The molecule has 2 rings (SSSR count). The molecule has 0 spiro atoms. The van der Waals surface area contributed by atoms with Crippen molar-refractivity contribution in [3.8, 4) is 0 Å². The van der Waals surface area contributed by atoms with Crippen molar-refractivity contribution >= 4 is 0 Å². The van der Waals surface area contributed by atoms with Gasteiger partial charge in [0, 0.05) is 12.6 Å². The molecule has 1 aliphatic carbocycles. The fourth-order valence-corrected chi connectivity index (χ4v) is 3.43. The lowest BCUT2D eigenvalue weighted by Gasteiger charge is -2.31. The van der Waals surface area contributed by atoms with Crippen LogP contribution in [0.5, 0.6) is 0 Å². The molecule has 2 fully saturated rings. The maximum Gasteiger partial charge on any atom is 0.0589 e. The summed E-state index contributed by atoms with van der Waals surface area (Å²) in [4.78, 5) is 0. The Morgan fingerprint density at radius 2 is 2.06 bits per heavy atom. The molecular weight excluding hydrogens is 210 g/mol. The smallest absolute Gasteiger partial charge is 0.0589 e. The normalized spacial score (nSPS) is 38.5. The van der Waals surface area contributed by atoms with E-state index < -0.39 is 0 Å². The van der Waals surface area contributed by atoms with Crippen LogP contribution >= 0.6 is 0 Å². The average Bonchev–Trinajstić information content (AvgIpc) is 2.74. The van der Waals surface area contributed by atoms with Gasteiger partial charge in [-0.3, -0.25) is 0 Å². The predicted molar refractivity (Wildman–Crippen MR) is 72.2 cm³/mol. The highest BCUT2D eigenvalue weighted by Crippen LogP contribution is 2.30. The van der Waals surface area contributed by atoms with Gasteiger partial charge in [0.15, 0.2) is 0 Å². The number of ether oxygens (including phenoxy) is 1. The summed E-state index contributed by atoms with van der Waals surface area (Å²) in [5, 5.41) is 3.79. The Hall–Kier alpha value is -0.0800. The molecule has 2 aliphatic rings. The minimum atomic E-state index is 0.522. The van der Waals surface area contributed by atoms with E-state index in [0.29, 0.717) is 6.10 Å². The molecule has 100 valence electrons. The number of hydrogen-bond acceptors (Lipinski definition) is 2. The molecule has 4 unspecified atom stereocenters. The minimum absolute atomic E-state index is 0.522. The maximum atomic E-state index is 5.80. The number of rotatable bonds is 5. The summed E-state index contributed by atoms with van der Waals surface area (Å²) in [5.41, 5.74) is 0. The van der Waals surface area contributed by atoms with Crippen LogP contribution in [0.15, 0.2) is 0 Å². The Balaban J connectivity index is 1.64. The molecule has 1 saturated carbocycles. The Bertz CT molecular complexity index is 217. The third kappa shape index (κ3) is 4.26. The summed E-state index contributed by atoms with van der Waals surface area (Å²) in [6.07, 6.45) is 9.77. The van der Waals surface area contributed by atoms with Crippen LogP contribution in [0, 0.1) is 11.8 Å². The van der Waals surface area contributed by atoms with Crippen molar-refractivity contribution in [1.29, 1.82) is 0 Å². The number of nitrogens with one attached hydrogen (secondary N) is 1. The van der Waals surface area contributed by atoms with E-state index >= 15 is 0 Å². The first-order chi connectivity index (χ1) is 8.28. The summed E-state index contributed by atoms with van der Waals surface area (Å²) in [5.74, 6) is 1.90. The molecule has 0 aromatic heterocycles. The largest absolute Gasteiger partial charge is 0.378 e. The minimum Gasteiger partial charge on any atom is -0.378 e. The fourth-order valence-electron chi connectivity index (χ4n) is 3.43. The molecule has 0 aromatic rings. The molecule has 0 aromatic carbocycles. The topological polar surface area (TPSA) is 21.3 Å². The van der Waals surface area contributed by atoms with Crippen molar-refractivity contribution < 1.29 is 4.74 Å². The van der Waals surface area contributed by atoms with Gasteiger partial charge in [0.25, 0.3) is 0 Å². The predicted octanol–water partition coefficient (Wildman–Crippen LogP) is 3.36. The fraction of sp³-hybridized carbons (Fsp3) is 1.00. The Morgan fingerprint density at radius 1 is 1.18 bits per heavy atom. The second kappa shape index (κ2) is 6.75. The van der Waals surface area contributed by atoms with Crippen molar-refractivity contribution in [2.75, 3.05) is 13.2 Å². The van der Waals surface area contributed by atoms with Crippen LogP contribution in [-0.2, 0) is 4.74 Å². The number of hydrogen-bond donors (Lipinski definition) is 1. The highest BCUT2D eigenvalue weighted by molar-refractivity contribution is 4.80. The van der Waals surface area contributed by atoms with Crippen molar-refractivity contribution in [3.63, 3.8) is 0 Å². The third-order valence-corrected chi connectivity index (χ3v) is 4.48. The SMILES string of the molecule is CCCC1CC(NCC2CCC(C)C2)CCO1. The van der Waals surface area contributed by atoms with E-state index in [2.05, 4.69) is 19.2 Å². The molecule has 4 atom stereocenters. The van der Waals surface area contributed by atoms with E-state index in [-0.39, 0.29) is 0 Å². The van der Waals surface area contributed by atoms with Crippen molar-refractivity contribution in [2.45, 2.75) is 70.9 Å². The lowest BCUT2D eigenvalue weighted by molar-refractivity contribution is -0.00366. The van der Waals surface area contributed by atoms with E-state index in [1.54, 1.807) is 0 Å². The van der Waals surface area contributed by atoms with Gasteiger partial charge >= 0.3 is 0 Å². The zero-order valence-electron chi connectivity index (χ0n) is 11.6. The van der Waals surface area contributed by atoms with Gasteiger partial charge in [-0.15, -0.1) is 0 Å². The van der Waals surface area contributed by atoms with Gasteiger partial charge in [0.05, 0.1) is 6.10 Å². The van der Waals surface area contributed by atoms with Crippen LogP contribution < -0.4 is 5.32 Å². The Labute approximate surface area is 107 Å². The van der Waals surface area contributed by atoms with Gasteiger partial charge in [-0.25, -0.2) is 0 Å². The average molecular weight is 239 g/mol. The molecule has 1 N–H and O–H groups in total. The van der Waals surface area contributed by atoms with Gasteiger partial charge in [0.2, 0.25) is 0 Å².